The van der Waals surface area contributed by atoms with E-state index < -0.39 is 0 Å². The highest BCUT2D eigenvalue weighted by atomic mass is 127. The van der Waals surface area contributed by atoms with Gasteiger partial charge in [-0.1, -0.05) is 30.4 Å². The Hall–Kier alpha value is -0.770. The number of anilines is 1. The van der Waals surface area contributed by atoms with Crippen molar-refractivity contribution < 1.29 is 0 Å². The molecule has 0 saturated heterocycles. The Kier molecular flexibility index (Phi) is 2.17. The van der Waals surface area contributed by atoms with Gasteiger partial charge in [-0.2, -0.15) is 0 Å². The molecule has 1 aliphatic rings. The van der Waals surface area contributed by atoms with Crippen LogP contribution >= 0.6 is 22.9 Å². The molecule has 1 aliphatic heterocycles. The summed E-state index contributed by atoms with van der Waals surface area (Å²) in [5, 5.41) is 0. The van der Waals surface area contributed by atoms with Crippen LogP contribution in [0.15, 0.2) is 42.6 Å². The molecule has 0 unspecified atom stereocenters. The summed E-state index contributed by atoms with van der Waals surface area (Å²) in [7, 11) is 0. The summed E-state index contributed by atoms with van der Waals surface area (Å²) in [5.74, 6) is 0. The molecular formula is C10H8IN. The van der Waals surface area contributed by atoms with Gasteiger partial charge >= 0.3 is 0 Å². The molecule has 1 nitrogen and oxygen atoms in total. The minimum absolute atomic E-state index is 1.24. The van der Waals surface area contributed by atoms with Crippen molar-refractivity contribution in [1.29, 1.82) is 0 Å². The van der Waals surface area contributed by atoms with E-state index >= 15 is 0 Å². The summed E-state index contributed by atoms with van der Waals surface area (Å²) in [6.45, 7) is 0. The van der Waals surface area contributed by atoms with Gasteiger partial charge in [0.1, 0.15) is 0 Å². The van der Waals surface area contributed by atoms with Crippen LogP contribution in [0.5, 0.6) is 0 Å². The van der Waals surface area contributed by atoms with E-state index in [1.165, 1.54) is 11.3 Å². The van der Waals surface area contributed by atoms with Gasteiger partial charge in [-0.05, 0) is 17.7 Å². The van der Waals surface area contributed by atoms with E-state index in [-0.39, 0.29) is 0 Å². The molecule has 2 heteroatoms. The van der Waals surface area contributed by atoms with Crippen LogP contribution in [0.25, 0.3) is 6.08 Å². The van der Waals surface area contributed by atoms with Gasteiger partial charge in [0.2, 0.25) is 0 Å². The molecule has 1 heterocycles. The average Bonchev–Trinajstić information content (AvgIpc) is 2.29. The van der Waals surface area contributed by atoms with E-state index in [9.17, 15) is 0 Å². The zero-order valence-electron chi connectivity index (χ0n) is 6.44. The first kappa shape index (κ1) is 7.86. The van der Waals surface area contributed by atoms with E-state index in [1.807, 2.05) is 12.3 Å². The maximum Gasteiger partial charge on any atom is 0.0640 e. The SMILES string of the molecule is IN1C=CC=Cc2ccccc21. The Labute approximate surface area is 85.9 Å². The highest BCUT2D eigenvalue weighted by molar-refractivity contribution is 14.1. The van der Waals surface area contributed by atoms with Gasteiger partial charge in [-0.25, -0.2) is 0 Å². The molecule has 2 rings (SSSR count). The van der Waals surface area contributed by atoms with Crippen LogP contribution in [0, 0.1) is 0 Å². The molecule has 0 spiro atoms. The number of rotatable bonds is 0. The maximum atomic E-state index is 2.28. The summed E-state index contributed by atoms with van der Waals surface area (Å²) in [6, 6.07) is 8.34. The predicted octanol–water partition coefficient (Wildman–Crippen LogP) is 3.38. The molecule has 0 radical (unpaired) electrons. The zero-order valence-corrected chi connectivity index (χ0v) is 8.60. The first-order valence-corrected chi connectivity index (χ1v) is 4.73. The molecule has 0 aliphatic carbocycles. The number of halogens is 1. The average molecular weight is 269 g/mol. The summed E-state index contributed by atoms with van der Waals surface area (Å²) in [5.41, 5.74) is 2.50. The topological polar surface area (TPSA) is 3.24 Å². The minimum Gasteiger partial charge on any atom is -0.290 e. The Bertz CT molecular complexity index is 341. The van der Waals surface area contributed by atoms with Crippen molar-refractivity contribution in [3.05, 3.63) is 48.2 Å². The van der Waals surface area contributed by atoms with Crippen molar-refractivity contribution in [3.63, 3.8) is 0 Å². The first-order chi connectivity index (χ1) is 5.88. The monoisotopic (exact) mass is 269 g/mol. The molecule has 1 aromatic rings. The third-order valence-corrected chi connectivity index (χ3v) is 2.61. The van der Waals surface area contributed by atoms with E-state index in [0.717, 1.165) is 0 Å². The lowest BCUT2D eigenvalue weighted by atomic mass is 10.2. The van der Waals surface area contributed by atoms with Crippen molar-refractivity contribution >= 4 is 34.6 Å². The number of hydrogen-bond acceptors (Lipinski definition) is 1. The van der Waals surface area contributed by atoms with Crippen molar-refractivity contribution in [2.45, 2.75) is 0 Å². The van der Waals surface area contributed by atoms with Crippen molar-refractivity contribution in [2.24, 2.45) is 0 Å². The highest BCUT2D eigenvalue weighted by Gasteiger charge is 2.03. The number of para-hydroxylation sites is 1. The molecule has 60 valence electrons. The lowest BCUT2D eigenvalue weighted by Crippen LogP contribution is -1.98. The Morgan fingerprint density at radius 1 is 1.08 bits per heavy atom. The quantitative estimate of drug-likeness (QED) is 0.515. The number of nitrogens with zero attached hydrogens (tertiary/aromatic N) is 1. The van der Waals surface area contributed by atoms with Crippen LogP contribution in [0.4, 0.5) is 5.69 Å². The van der Waals surface area contributed by atoms with Gasteiger partial charge in [-0.3, -0.25) is 3.11 Å². The fourth-order valence-electron chi connectivity index (χ4n) is 1.19. The van der Waals surface area contributed by atoms with Crippen LogP contribution in [0.2, 0.25) is 0 Å². The molecule has 0 fully saturated rings. The Morgan fingerprint density at radius 3 is 2.83 bits per heavy atom. The molecule has 0 amide bonds. The van der Waals surface area contributed by atoms with Crippen molar-refractivity contribution in [1.82, 2.24) is 0 Å². The van der Waals surface area contributed by atoms with Crippen LogP contribution < -0.4 is 3.11 Å². The van der Waals surface area contributed by atoms with Crippen molar-refractivity contribution in [2.75, 3.05) is 3.11 Å². The standard InChI is InChI=1S/C10H8IN/c11-12-8-4-3-6-9-5-1-2-7-10(9)12/h1-8H. The van der Waals surface area contributed by atoms with Gasteiger partial charge in [0.15, 0.2) is 0 Å². The molecule has 1 aromatic carbocycles. The van der Waals surface area contributed by atoms with Crippen LogP contribution in [0.1, 0.15) is 5.56 Å². The Morgan fingerprint density at radius 2 is 1.92 bits per heavy atom. The van der Waals surface area contributed by atoms with Crippen LogP contribution in [0.3, 0.4) is 0 Å². The van der Waals surface area contributed by atoms with Crippen LogP contribution in [-0.2, 0) is 0 Å². The summed E-state index contributed by atoms with van der Waals surface area (Å²) in [4.78, 5) is 0. The number of allylic oxidation sites excluding steroid dienone is 2. The molecule has 0 atom stereocenters. The third-order valence-electron chi connectivity index (χ3n) is 1.77. The molecule has 0 bridgehead atoms. The largest absolute Gasteiger partial charge is 0.290 e. The number of fused-ring (bicyclic) bond motifs is 1. The highest BCUT2D eigenvalue weighted by Crippen LogP contribution is 2.26. The van der Waals surface area contributed by atoms with Crippen LogP contribution in [-0.4, -0.2) is 0 Å². The normalized spacial score (nSPS) is 14.2. The molecule has 0 aromatic heterocycles. The van der Waals surface area contributed by atoms with Gasteiger partial charge < -0.3 is 0 Å². The van der Waals surface area contributed by atoms with Crippen molar-refractivity contribution in [3.8, 4) is 0 Å². The lowest BCUT2D eigenvalue weighted by Gasteiger charge is -2.12. The van der Waals surface area contributed by atoms with Gasteiger partial charge in [-0.15, -0.1) is 0 Å². The van der Waals surface area contributed by atoms with Gasteiger partial charge in [0.25, 0.3) is 0 Å². The van der Waals surface area contributed by atoms with Gasteiger partial charge in [0.05, 0.1) is 28.6 Å². The predicted molar refractivity (Wildman–Crippen MR) is 61.1 cm³/mol. The van der Waals surface area contributed by atoms with E-state index in [0.29, 0.717) is 0 Å². The second-order valence-electron chi connectivity index (χ2n) is 2.57. The zero-order chi connectivity index (χ0) is 8.39. The van der Waals surface area contributed by atoms with E-state index in [4.69, 9.17) is 0 Å². The Balaban J connectivity index is 2.56. The summed E-state index contributed by atoms with van der Waals surface area (Å²) in [6.07, 6.45) is 8.25. The fraction of sp³-hybridized carbons (Fsp3) is 0. The van der Waals surface area contributed by atoms with E-state index in [2.05, 4.69) is 62.4 Å². The second kappa shape index (κ2) is 3.31. The van der Waals surface area contributed by atoms with E-state index in [1.54, 1.807) is 0 Å². The van der Waals surface area contributed by atoms with Gasteiger partial charge in [0, 0.05) is 6.20 Å². The maximum absolute atomic E-state index is 2.28. The molecule has 12 heavy (non-hydrogen) atoms. The summed E-state index contributed by atoms with van der Waals surface area (Å²) < 4.78 is 2.09. The minimum atomic E-state index is 1.24. The molecule has 0 N–H and O–H groups in total. The molecular weight excluding hydrogens is 261 g/mol. The first-order valence-electron chi connectivity index (χ1n) is 3.77. The number of hydrogen-bond donors (Lipinski definition) is 0. The third kappa shape index (κ3) is 1.39. The summed E-state index contributed by atoms with van der Waals surface area (Å²) >= 11 is 2.28. The fourth-order valence-corrected chi connectivity index (χ4v) is 1.81. The smallest absolute Gasteiger partial charge is 0.0640 e. The second-order valence-corrected chi connectivity index (χ2v) is 3.61. The lowest BCUT2D eigenvalue weighted by molar-refractivity contribution is 1.49. The number of benzene rings is 1. The molecule has 0 saturated carbocycles.